The van der Waals surface area contributed by atoms with Gasteiger partial charge in [0.25, 0.3) is 0 Å². The molecule has 140 valence electrons. The normalized spacial score (nSPS) is 11.5. The smallest absolute Gasteiger partial charge is 0.243 e. The van der Waals surface area contributed by atoms with Crippen LogP contribution in [0, 0.1) is 6.92 Å². The van der Waals surface area contributed by atoms with Crippen molar-refractivity contribution in [3.05, 3.63) is 84.3 Å². The number of nitrogens with zero attached hydrogens (tertiary/aromatic N) is 1. The first-order valence-corrected chi connectivity index (χ1v) is 9.83. The average molecular weight is 384 g/mol. The summed E-state index contributed by atoms with van der Waals surface area (Å²) in [5.41, 5.74) is 1.62. The van der Waals surface area contributed by atoms with E-state index in [-0.39, 0.29) is 18.0 Å². The van der Waals surface area contributed by atoms with Crippen molar-refractivity contribution in [2.75, 3.05) is 11.9 Å². The predicted molar refractivity (Wildman–Crippen MR) is 103 cm³/mol. The van der Waals surface area contributed by atoms with E-state index in [0.717, 1.165) is 9.87 Å². The van der Waals surface area contributed by atoms with Crippen molar-refractivity contribution < 1.29 is 17.6 Å². The van der Waals surface area contributed by atoms with Gasteiger partial charge in [-0.15, -0.1) is 0 Å². The number of amides is 1. The molecular formula is C20H20N2O4S. The van der Waals surface area contributed by atoms with Gasteiger partial charge in [-0.3, -0.25) is 4.79 Å². The molecule has 3 rings (SSSR count). The van der Waals surface area contributed by atoms with Crippen molar-refractivity contribution in [1.29, 1.82) is 0 Å². The molecule has 0 fully saturated rings. The van der Waals surface area contributed by atoms with Crippen molar-refractivity contribution in [2.24, 2.45) is 0 Å². The van der Waals surface area contributed by atoms with E-state index in [0.29, 0.717) is 11.4 Å². The van der Waals surface area contributed by atoms with E-state index in [9.17, 15) is 13.2 Å². The van der Waals surface area contributed by atoms with E-state index < -0.39 is 15.9 Å². The maximum atomic E-state index is 13.0. The largest absolute Gasteiger partial charge is 0.468 e. The third kappa shape index (κ3) is 4.84. The Kier molecular flexibility index (Phi) is 5.73. The molecule has 2 aromatic carbocycles. The molecule has 1 amide bonds. The number of rotatable bonds is 7. The number of aryl methyl sites for hydroxylation is 1. The molecule has 0 aliphatic rings. The fraction of sp³-hybridized carbons (Fsp3) is 0.150. The first-order valence-electron chi connectivity index (χ1n) is 8.39. The number of furan rings is 1. The number of anilines is 1. The van der Waals surface area contributed by atoms with Gasteiger partial charge < -0.3 is 9.73 Å². The van der Waals surface area contributed by atoms with Gasteiger partial charge in [-0.05, 0) is 48.9 Å². The third-order valence-corrected chi connectivity index (χ3v) is 5.72. The number of carbonyl (C=O) groups is 1. The van der Waals surface area contributed by atoms with Crippen LogP contribution in [0.15, 0.2) is 82.3 Å². The quantitative estimate of drug-likeness (QED) is 0.677. The molecule has 1 aromatic heterocycles. The minimum Gasteiger partial charge on any atom is -0.468 e. The summed E-state index contributed by atoms with van der Waals surface area (Å²) in [5, 5.41) is 2.74. The van der Waals surface area contributed by atoms with Gasteiger partial charge in [-0.25, -0.2) is 8.42 Å². The zero-order valence-electron chi connectivity index (χ0n) is 14.8. The van der Waals surface area contributed by atoms with Gasteiger partial charge in [0.1, 0.15) is 5.76 Å². The lowest BCUT2D eigenvalue weighted by atomic mass is 10.2. The zero-order valence-corrected chi connectivity index (χ0v) is 15.6. The van der Waals surface area contributed by atoms with Gasteiger partial charge in [0.2, 0.25) is 15.9 Å². The summed E-state index contributed by atoms with van der Waals surface area (Å²) in [6.07, 6.45) is 1.47. The molecule has 0 aliphatic carbocycles. The molecule has 1 heterocycles. The lowest BCUT2D eigenvalue weighted by molar-refractivity contribution is -0.116. The van der Waals surface area contributed by atoms with Crippen LogP contribution in [0.3, 0.4) is 0 Å². The summed E-state index contributed by atoms with van der Waals surface area (Å²) in [6, 6.07) is 18.7. The van der Waals surface area contributed by atoms with Crippen LogP contribution >= 0.6 is 0 Å². The van der Waals surface area contributed by atoms with Gasteiger partial charge in [-0.2, -0.15) is 4.31 Å². The maximum Gasteiger partial charge on any atom is 0.243 e. The second kappa shape index (κ2) is 8.20. The molecule has 0 aliphatic heterocycles. The Morgan fingerprint density at radius 2 is 1.81 bits per heavy atom. The molecule has 7 heteroatoms. The highest BCUT2D eigenvalue weighted by Crippen LogP contribution is 2.19. The zero-order chi connectivity index (χ0) is 19.3. The molecule has 0 bridgehead atoms. The third-order valence-electron chi connectivity index (χ3n) is 3.92. The van der Waals surface area contributed by atoms with Crippen molar-refractivity contribution in [3.63, 3.8) is 0 Å². The molecule has 3 aromatic rings. The number of benzene rings is 2. The molecule has 0 spiro atoms. The average Bonchev–Trinajstić information content (AvgIpc) is 3.15. The molecule has 0 radical (unpaired) electrons. The van der Waals surface area contributed by atoms with E-state index in [1.165, 1.54) is 18.4 Å². The number of carbonyl (C=O) groups excluding carboxylic acids is 1. The fourth-order valence-corrected chi connectivity index (χ4v) is 4.01. The van der Waals surface area contributed by atoms with Gasteiger partial charge >= 0.3 is 0 Å². The van der Waals surface area contributed by atoms with Crippen LogP contribution < -0.4 is 5.32 Å². The van der Waals surface area contributed by atoms with E-state index in [1.54, 1.807) is 36.4 Å². The Labute approximate surface area is 158 Å². The van der Waals surface area contributed by atoms with Gasteiger partial charge in [0.05, 0.1) is 24.2 Å². The first kappa shape index (κ1) is 18.9. The monoisotopic (exact) mass is 384 g/mol. The fourth-order valence-electron chi connectivity index (χ4n) is 2.63. The summed E-state index contributed by atoms with van der Waals surface area (Å²) in [4.78, 5) is 12.6. The minimum atomic E-state index is -3.86. The lowest BCUT2D eigenvalue weighted by Crippen LogP contribution is -2.37. The molecule has 1 N–H and O–H groups in total. The van der Waals surface area contributed by atoms with Crippen molar-refractivity contribution in [2.45, 2.75) is 18.4 Å². The van der Waals surface area contributed by atoms with E-state index in [2.05, 4.69) is 5.32 Å². The number of hydrogen-bond acceptors (Lipinski definition) is 4. The molecule has 0 saturated heterocycles. The Hall–Kier alpha value is -2.90. The van der Waals surface area contributed by atoms with Gasteiger partial charge in [0, 0.05) is 5.69 Å². The number of nitrogens with one attached hydrogen (secondary N) is 1. The number of hydrogen-bond donors (Lipinski definition) is 1. The molecule has 27 heavy (non-hydrogen) atoms. The second-order valence-corrected chi connectivity index (χ2v) is 8.02. The summed E-state index contributed by atoms with van der Waals surface area (Å²) in [7, 11) is -3.86. The predicted octanol–water partition coefficient (Wildman–Crippen LogP) is 3.42. The van der Waals surface area contributed by atoms with Crippen molar-refractivity contribution in [3.8, 4) is 0 Å². The summed E-state index contributed by atoms with van der Waals surface area (Å²) < 4.78 is 32.4. The van der Waals surface area contributed by atoms with Crippen LogP contribution in [-0.2, 0) is 21.4 Å². The van der Waals surface area contributed by atoms with Crippen LogP contribution in [0.5, 0.6) is 0 Å². The number of sulfonamides is 1. The molecule has 0 unspecified atom stereocenters. The SMILES string of the molecule is Cc1cccc(NC(=O)CN(Cc2ccco2)S(=O)(=O)c2ccccc2)c1. The lowest BCUT2D eigenvalue weighted by Gasteiger charge is -2.21. The van der Waals surface area contributed by atoms with Crippen LogP contribution in [0.1, 0.15) is 11.3 Å². The summed E-state index contributed by atoms with van der Waals surface area (Å²) >= 11 is 0. The van der Waals surface area contributed by atoms with Gasteiger partial charge in [0.15, 0.2) is 0 Å². The Balaban J connectivity index is 1.82. The highest BCUT2D eigenvalue weighted by molar-refractivity contribution is 7.89. The first-order chi connectivity index (χ1) is 12.9. The summed E-state index contributed by atoms with van der Waals surface area (Å²) in [5.74, 6) is 0.0320. The standard InChI is InChI=1S/C20H20N2O4S/c1-16-7-5-8-17(13-16)21-20(23)15-22(14-18-9-6-12-26-18)27(24,25)19-10-3-2-4-11-19/h2-13H,14-15H2,1H3,(H,21,23). The highest BCUT2D eigenvalue weighted by Gasteiger charge is 2.27. The highest BCUT2D eigenvalue weighted by atomic mass is 32.2. The van der Waals surface area contributed by atoms with Crippen molar-refractivity contribution >= 4 is 21.6 Å². The van der Waals surface area contributed by atoms with Crippen LogP contribution in [0.2, 0.25) is 0 Å². The van der Waals surface area contributed by atoms with Crippen LogP contribution in [0.25, 0.3) is 0 Å². The van der Waals surface area contributed by atoms with Crippen LogP contribution in [-0.4, -0.2) is 25.2 Å². The topological polar surface area (TPSA) is 79.6 Å². The van der Waals surface area contributed by atoms with Gasteiger partial charge in [-0.1, -0.05) is 30.3 Å². The van der Waals surface area contributed by atoms with E-state index in [1.807, 2.05) is 25.1 Å². The van der Waals surface area contributed by atoms with E-state index in [4.69, 9.17) is 4.42 Å². The maximum absolute atomic E-state index is 13.0. The van der Waals surface area contributed by atoms with Crippen molar-refractivity contribution in [1.82, 2.24) is 4.31 Å². The molecule has 0 saturated carbocycles. The van der Waals surface area contributed by atoms with Crippen LogP contribution in [0.4, 0.5) is 5.69 Å². The molecular weight excluding hydrogens is 364 g/mol. The Morgan fingerprint density at radius 1 is 1.04 bits per heavy atom. The molecule has 6 nitrogen and oxygen atoms in total. The minimum absolute atomic E-state index is 0.0362. The summed E-state index contributed by atoms with van der Waals surface area (Å²) in [6.45, 7) is 1.55. The molecule has 0 atom stereocenters. The van der Waals surface area contributed by atoms with E-state index >= 15 is 0 Å². The second-order valence-electron chi connectivity index (χ2n) is 6.08. The Morgan fingerprint density at radius 3 is 2.48 bits per heavy atom. The Bertz CT molecular complexity index is 999.